The number of anilines is 1. The molecule has 2 amide bonds. The topological polar surface area (TPSA) is 52.7 Å². The summed E-state index contributed by atoms with van der Waals surface area (Å²) in [5.41, 5.74) is 2.93. The second-order valence-corrected chi connectivity index (χ2v) is 8.99. The van der Waals surface area contributed by atoms with E-state index in [4.69, 9.17) is 23.2 Å². The Balaban J connectivity index is 1.45. The van der Waals surface area contributed by atoms with E-state index in [0.29, 0.717) is 35.2 Å². The van der Waals surface area contributed by atoms with Crippen molar-refractivity contribution in [2.45, 2.75) is 25.7 Å². The summed E-state index contributed by atoms with van der Waals surface area (Å²) in [6.45, 7) is 1.70. The zero-order chi connectivity index (χ0) is 22.4. The standard InChI is InChI=1S/C24H29Cl2N3O2/c1-28(2)20-10-7-17(8-11-20)5-3-13-27-23(30)19-6-4-14-29(16-19)24(31)18-9-12-21(25)22(26)15-18/h7-12,15,19H,3-6,13-14,16H2,1-2H3,(H,27,30). The van der Waals surface area contributed by atoms with Crippen molar-refractivity contribution in [2.24, 2.45) is 5.92 Å². The van der Waals surface area contributed by atoms with Crippen LogP contribution in [-0.2, 0) is 11.2 Å². The van der Waals surface area contributed by atoms with Crippen molar-refractivity contribution in [1.29, 1.82) is 0 Å². The molecule has 1 unspecified atom stereocenters. The summed E-state index contributed by atoms with van der Waals surface area (Å²) < 4.78 is 0. The molecule has 166 valence electrons. The molecule has 1 aliphatic heterocycles. The second-order valence-electron chi connectivity index (χ2n) is 8.17. The number of likely N-dealkylation sites (tertiary alicyclic amines) is 1. The molecular formula is C24H29Cl2N3O2. The molecule has 31 heavy (non-hydrogen) atoms. The Morgan fingerprint density at radius 2 is 1.84 bits per heavy atom. The maximum absolute atomic E-state index is 12.8. The smallest absolute Gasteiger partial charge is 0.253 e. The third-order valence-corrected chi connectivity index (χ3v) is 6.38. The van der Waals surface area contributed by atoms with E-state index >= 15 is 0 Å². The van der Waals surface area contributed by atoms with Gasteiger partial charge in [0, 0.05) is 45.0 Å². The van der Waals surface area contributed by atoms with Gasteiger partial charge in [0.15, 0.2) is 0 Å². The second kappa shape index (κ2) is 10.9. The number of nitrogens with one attached hydrogen (secondary N) is 1. The minimum absolute atomic E-state index is 0.0228. The quantitative estimate of drug-likeness (QED) is 0.609. The molecule has 1 atom stereocenters. The molecule has 0 aliphatic carbocycles. The molecule has 7 heteroatoms. The number of carbonyl (C=O) groups excluding carboxylic acids is 2. The molecule has 3 rings (SSSR count). The number of piperidine rings is 1. The van der Waals surface area contributed by atoms with E-state index in [9.17, 15) is 9.59 Å². The van der Waals surface area contributed by atoms with Crippen molar-refractivity contribution >= 4 is 40.7 Å². The number of carbonyl (C=O) groups is 2. The fourth-order valence-corrected chi connectivity index (χ4v) is 4.09. The SMILES string of the molecule is CN(C)c1ccc(CCCNC(=O)C2CCCN(C(=O)c3ccc(Cl)c(Cl)c3)C2)cc1. The van der Waals surface area contributed by atoms with Crippen molar-refractivity contribution in [1.82, 2.24) is 10.2 Å². The molecule has 1 saturated heterocycles. The average molecular weight is 462 g/mol. The van der Waals surface area contributed by atoms with Gasteiger partial charge in [-0.05, 0) is 61.6 Å². The average Bonchev–Trinajstić information content (AvgIpc) is 2.78. The summed E-state index contributed by atoms with van der Waals surface area (Å²) >= 11 is 12.0. The van der Waals surface area contributed by atoms with Crippen molar-refractivity contribution in [3.63, 3.8) is 0 Å². The Morgan fingerprint density at radius 3 is 2.52 bits per heavy atom. The number of nitrogens with zero attached hydrogens (tertiary/aromatic N) is 2. The summed E-state index contributed by atoms with van der Waals surface area (Å²) in [7, 11) is 4.05. The van der Waals surface area contributed by atoms with E-state index in [1.165, 1.54) is 11.3 Å². The van der Waals surface area contributed by atoms with Crippen LogP contribution in [-0.4, -0.2) is 50.4 Å². The first kappa shape index (κ1) is 23.4. The van der Waals surface area contributed by atoms with Crippen molar-refractivity contribution in [3.8, 4) is 0 Å². The van der Waals surface area contributed by atoms with Gasteiger partial charge in [-0.3, -0.25) is 9.59 Å². The van der Waals surface area contributed by atoms with Crippen LogP contribution < -0.4 is 10.2 Å². The van der Waals surface area contributed by atoms with Crippen LogP contribution in [0.5, 0.6) is 0 Å². The van der Waals surface area contributed by atoms with Gasteiger partial charge in [-0.2, -0.15) is 0 Å². The minimum Gasteiger partial charge on any atom is -0.378 e. The number of hydrogen-bond donors (Lipinski definition) is 1. The van der Waals surface area contributed by atoms with Gasteiger partial charge < -0.3 is 15.1 Å². The van der Waals surface area contributed by atoms with Gasteiger partial charge in [-0.25, -0.2) is 0 Å². The summed E-state index contributed by atoms with van der Waals surface area (Å²) in [5.74, 6) is -0.272. The molecule has 1 aliphatic rings. The van der Waals surface area contributed by atoms with Gasteiger partial charge in [0.1, 0.15) is 0 Å². The predicted molar refractivity (Wildman–Crippen MR) is 127 cm³/mol. The van der Waals surface area contributed by atoms with Crippen molar-refractivity contribution in [2.75, 3.05) is 38.6 Å². The van der Waals surface area contributed by atoms with Crippen LogP contribution in [0.1, 0.15) is 35.2 Å². The molecule has 0 spiro atoms. The van der Waals surface area contributed by atoms with Gasteiger partial charge in [0.25, 0.3) is 5.91 Å². The number of halogens is 2. The number of aryl methyl sites for hydroxylation is 1. The number of amides is 2. The third kappa shape index (κ3) is 6.37. The van der Waals surface area contributed by atoms with Crippen LogP contribution >= 0.6 is 23.2 Å². The number of hydrogen-bond acceptors (Lipinski definition) is 3. The van der Waals surface area contributed by atoms with Crippen LogP contribution in [0.4, 0.5) is 5.69 Å². The van der Waals surface area contributed by atoms with Crippen LogP contribution in [0.2, 0.25) is 10.0 Å². The maximum Gasteiger partial charge on any atom is 0.253 e. The maximum atomic E-state index is 12.8. The first-order valence-electron chi connectivity index (χ1n) is 10.6. The molecule has 0 bridgehead atoms. The van der Waals surface area contributed by atoms with E-state index in [1.54, 1.807) is 23.1 Å². The van der Waals surface area contributed by atoms with Gasteiger partial charge in [0.05, 0.1) is 16.0 Å². The lowest BCUT2D eigenvalue weighted by molar-refractivity contribution is -0.126. The number of rotatable bonds is 7. The lowest BCUT2D eigenvalue weighted by Crippen LogP contribution is -2.45. The molecule has 1 fully saturated rings. The summed E-state index contributed by atoms with van der Waals surface area (Å²) in [5, 5.41) is 3.82. The normalized spacial score (nSPS) is 16.1. The van der Waals surface area contributed by atoms with Gasteiger partial charge in [-0.15, -0.1) is 0 Å². The Morgan fingerprint density at radius 1 is 1.10 bits per heavy atom. The van der Waals surface area contributed by atoms with Crippen LogP contribution in [0.15, 0.2) is 42.5 Å². The highest BCUT2D eigenvalue weighted by molar-refractivity contribution is 6.42. The van der Waals surface area contributed by atoms with E-state index in [0.717, 1.165) is 25.7 Å². The lowest BCUT2D eigenvalue weighted by Gasteiger charge is -2.32. The first-order valence-corrected chi connectivity index (χ1v) is 11.4. The molecular weight excluding hydrogens is 433 g/mol. The molecule has 0 radical (unpaired) electrons. The van der Waals surface area contributed by atoms with Crippen LogP contribution in [0.3, 0.4) is 0 Å². The zero-order valence-corrected chi connectivity index (χ0v) is 19.5. The van der Waals surface area contributed by atoms with E-state index < -0.39 is 0 Å². The largest absolute Gasteiger partial charge is 0.378 e. The fourth-order valence-electron chi connectivity index (χ4n) is 3.80. The summed E-state index contributed by atoms with van der Waals surface area (Å²) in [4.78, 5) is 29.3. The van der Waals surface area contributed by atoms with E-state index in [1.807, 2.05) is 14.1 Å². The Kier molecular flexibility index (Phi) is 8.22. The lowest BCUT2D eigenvalue weighted by atomic mass is 9.96. The predicted octanol–water partition coefficient (Wildman–Crippen LogP) is 4.66. The Labute approximate surface area is 194 Å². The highest BCUT2D eigenvalue weighted by Crippen LogP contribution is 2.25. The monoisotopic (exact) mass is 461 g/mol. The number of benzene rings is 2. The van der Waals surface area contributed by atoms with E-state index in [-0.39, 0.29) is 17.7 Å². The minimum atomic E-state index is -0.181. The molecule has 5 nitrogen and oxygen atoms in total. The van der Waals surface area contributed by atoms with Crippen LogP contribution in [0, 0.1) is 5.92 Å². The highest BCUT2D eigenvalue weighted by Gasteiger charge is 2.28. The molecule has 0 aromatic heterocycles. The summed E-state index contributed by atoms with van der Waals surface area (Å²) in [6, 6.07) is 13.4. The van der Waals surface area contributed by atoms with Gasteiger partial charge in [0.2, 0.25) is 5.91 Å². The Bertz CT molecular complexity index is 916. The van der Waals surface area contributed by atoms with Gasteiger partial charge >= 0.3 is 0 Å². The highest BCUT2D eigenvalue weighted by atomic mass is 35.5. The molecule has 2 aromatic rings. The van der Waals surface area contributed by atoms with Crippen molar-refractivity contribution < 1.29 is 9.59 Å². The first-order chi connectivity index (χ1) is 14.8. The van der Waals surface area contributed by atoms with Crippen molar-refractivity contribution in [3.05, 3.63) is 63.6 Å². The van der Waals surface area contributed by atoms with Crippen LogP contribution in [0.25, 0.3) is 0 Å². The molecule has 1 N–H and O–H groups in total. The molecule has 2 aromatic carbocycles. The summed E-state index contributed by atoms with van der Waals surface area (Å²) in [6.07, 6.45) is 3.40. The van der Waals surface area contributed by atoms with E-state index in [2.05, 4.69) is 34.5 Å². The Hall–Kier alpha value is -2.24. The molecule has 0 saturated carbocycles. The molecule has 1 heterocycles. The third-order valence-electron chi connectivity index (χ3n) is 5.64. The zero-order valence-electron chi connectivity index (χ0n) is 18.0. The fraction of sp³-hybridized carbons (Fsp3) is 0.417. The van der Waals surface area contributed by atoms with Gasteiger partial charge in [-0.1, -0.05) is 35.3 Å².